The van der Waals surface area contributed by atoms with Crippen molar-refractivity contribution in [2.24, 2.45) is 4.99 Å². The molecule has 0 aliphatic carbocycles. The van der Waals surface area contributed by atoms with Gasteiger partial charge in [0.25, 0.3) is 0 Å². The minimum atomic E-state index is -0.140. The first-order valence-corrected chi connectivity index (χ1v) is 10.2. The number of fused-ring (bicyclic) bond motifs is 5. The predicted octanol–water partition coefficient (Wildman–Crippen LogP) is 2.15. The predicted molar refractivity (Wildman–Crippen MR) is 111 cm³/mol. The maximum absolute atomic E-state index is 5.83. The Labute approximate surface area is 168 Å². The standard InChI is InChI=1S/C21H23N7O/c1-2-9-18-16(7-1)24-21-27-14-26(12-15-6-5-11-29-15)13-23-20(27)25-19(28(18)21)17-8-3-4-10-22-17/h1-4,7-10,15,19H,5-6,11-14H2,(H,23,25)/t15-,19-/m1/s1. The number of aromatic nitrogens is 3. The minimum absolute atomic E-state index is 0.140. The minimum Gasteiger partial charge on any atom is -0.377 e. The Balaban J connectivity index is 1.41. The van der Waals surface area contributed by atoms with Crippen LogP contribution in [0.25, 0.3) is 11.0 Å². The average molecular weight is 389 g/mol. The van der Waals surface area contributed by atoms with Crippen molar-refractivity contribution in [3.05, 3.63) is 54.4 Å². The lowest BCUT2D eigenvalue weighted by molar-refractivity contribution is 0.0732. The fourth-order valence-corrected chi connectivity index (χ4v) is 4.44. The highest BCUT2D eigenvalue weighted by Crippen LogP contribution is 2.33. The van der Waals surface area contributed by atoms with Crippen molar-refractivity contribution in [3.63, 3.8) is 0 Å². The molecule has 3 aliphatic heterocycles. The van der Waals surface area contributed by atoms with E-state index in [1.807, 2.05) is 30.5 Å². The monoisotopic (exact) mass is 389 g/mol. The van der Waals surface area contributed by atoms with Crippen molar-refractivity contribution in [1.82, 2.24) is 24.8 Å². The summed E-state index contributed by atoms with van der Waals surface area (Å²) < 4.78 is 8.06. The first kappa shape index (κ1) is 16.9. The number of anilines is 1. The van der Waals surface area contributed by atoms with Gasteiger partial charge in [0.15, 0.2) is 6.17 Å². The molecule has 8 heteroatoms. The number of nitrogens with one attached hydrogen (secondary N) is 1. The molecule has 2 atom stereocenters. The van der Waals surface area contributed by atoms with Gasteiger partial charge in [-0.2, -0.15) is 0 Å². The van der Waals surface area contributed by atoms with Crippen LogP contribution in [0.4, 0.5) is 5.95 Å². The Morgan fingerprint density at radius 3 is 2.93 bits per heavy atom. The Bertz CT molecular complexity index is 1060. The summed E-state index contributed by atoms with van der Waals surface area (Å²) in [6.07, 6.45) is 4.28. The molecule has 1 N–H and O–H groups in total. The molecular weight excluding hydrogens is 366 g/mol. The molecular formula is C21H23N7O. The highest BCUT2D eigenvalue weighted by atomic mass is 16.5. The van der Waals surface area contributed by atoms with E-state index in [1.165, 1.54) is 0 Å². The molecule has 6 rings (SSSR count). The number of aliphatic imine (C=N–C) groups is 1. The van der Waals surface area contributed by atoms with Crippen molar-refractivity contribution in [2.45, 2.75) is 25.1 Å². The molecule has 3 aliphatic rings. The number of nitrogens with zero attached hydrogens (tertiary/aromatic N) is 6. The molecule has 29 heavy (non-hydrogen) atoms. The summed E-state index contributed by atoms with van der Waals surface area (Å²) in [4.78, 5) is 18.9. The van der Waals surface area contributed by atoms with E-state index in [4.69, 9.17) is 14.7 Å². The van der Waals surface area contributed by atoms with E-state index in [0.29, 0.717) is 12.8 Å². The normalized spacial score (nSPS) is 24.1. The molecule has 0 radical (unpaired) electrons. The van der Waals surface area contributed by atoms with Gasteiger partial charge in [-0.05, 0) is 37.1 Å². The van der Waals surface area contributed by atoms with E-state index in [-0.39, 0.29) is 6.17 Å². The largest absolute Gasteiger partial charge is 0.377 e. The number of guanidine groups is 1. The first-order valence-electron chi connectivity index (χ1n) is 10.2. The zero-order chi connectivity index (χ0) is 19.2. The number of imidazole rings is 1. The van der Waals surface area contributed by atoms with Crippen LogP contribution in [0.2, 0.25) is 0 Å². The quantitative estimate of drug-likeness (QED) is 0.740. The van der Waals surface area contributed by atoms with Gasteiger partial charge in [-0.1, -0.05) is 18.2 Å². The Morgan fingerprint density at radius 2 is 2.07 bits per heavy atom. The number of hydrogen-bond donors (Lipinski definition) is 1. The van der Waals surface area contributed by atoms with Crippen molar-refractivity contribution in [2.75, 3.05) is 31.4 Å². The number of para-hydroxylation sites is 2. The Hall–Kier alpha value is -2.97. The van der Waals surface area contributed by atoms with Gasteiger partial charge >= 0.3 is 0 Å². The third-order valence-electron chi connectivity index (χ3n) is 5.81. The van der Waals surface area contributed by atoms with Crippen LogP contribution in [-0.2, 0) is 4.74 Å². The molecule has 0 unspecified atom stereocenters. The fraction of sp³-hybridized carbons (Fsp3) is 0.381. The zero-order valence-corrected chi connectivity index (χ0v) is 16.1. The number of pyridine rings is 1. The van der Waals surface area contributed by atoms with Crippen molar-refractivity contribution < 1.29 is 4.74 Å². The third-order valence-corrected chi connectivity index (χ3v) is 5.81. The summed E-state index contributed by atoms with van der Waals surface area (Å²) in [6, 6.07) is 14.2. The highest BCUT2D eigenvalue weighted by molar-refractivity contribution is 5.98. The van der Waals surface area contributed by atoms with Crippen LogP contribution in [0, 0.1) is 0 Å². The zero-order valence-electron chi connectivity index (χ0n) is 16.1. The summed E-state index contributed by atoms with van der Waals surface area (Å²) in [5.41, 5.74) is 3.00. The molecule has 8 nitrogen and oxygen atoms in total. The molecule has 0 amide bonds. The molecule has 0 saturated carbocycles. The number of hydrogen-bond acceptors (Lipinski definition) is 7. The smallest absolute Gasteiger partial charge is 0.216 e. The summed E-state index contributed by atoms with van der Waals surface area (Å²) in [7, 11) is 0. The second-order valence-corrected chi connectivity index (χ2v) is 7.75. The second-order valence-electron chi connectivity index (χ2n) is 7.75. The second kappa shape index (κ2) is 6.82. The topological polar surface area (TPSA) is 70.8 Å². The average Bonchev–Trinajstić information content (AvgIpc) is 3.42. The molecule has 1 aromatic carbocycles. The highest BCUT2D eigenvalue weighted by Gasteiger charge is 2.36. The van der Waals surface area contributed by atoms with E-state index < -0.39 is 0 Å². The maximum atomic E-state index is 5.83. The van der Waals surface area contributed by atoms with Gasteiger partial charge in [0.05, 0.1) is 36.2 Å². The van der Waals surface area contributed by atoms with Crippen LogP contribution >= 0.6 is 0 Å². The van der Waals surface area contributed by atoms with E-state index in [0.717, 1.165) is 61.3 Å². The van der Waals surface area contributed by atoms with E-state index >= 15 is 0 Å². The molecule has 0 bridgehead atoms. The van der Waals surface area contributed by atoms with Gasteiger partial charge < -0.3 is 10.1 Å². The molecule has 3 aromatic rings. The van der Waals surface area contributed by atoms with Gasteiger partial charge in [-0.3, -0.25) is 19.4 Å². The SMILES string of the molecule is c1ccc([C@@H]2NC3=NCN(C[C@H]4CCCO4)CN3c3nc4ccccc4n32)nc1. The van der Waals surface area contributed by atoms with Gasteiger partial charge in [0.1, 0.15) is 0 Å². The lowest BCUT2D eigenvalue weighted by Crippen LogP contribution is -2.58. The van der Waals surface area contributed by atoms with Crippen molar-refractivity contribution in [1.29, 1.82) is 0 Å². The molecule has 0 spiro atoms. The number of benzene rings is 1. The van der Waals surface area contributed by atoms with E-state index in [2.05, 4.69) is 42.9 Å². The van der Waals surface area contributed by atoms with Crippen LogP contribution in [0.1, 0.15) is 24.7 Å². The molecule has 148 valence electrons. The lowest BCUT2D eigenvalue weighted by Gasteiger charge is -2.41. The molecule has 2 aromatic heterocycles. The first-order chi connectivity index (χ1) is 14.4. The Kier molecular flexibility index (Phi) is 3.98. The third kappa shape index (κ3) is 2.87. The summed E-state index contributed by atoms with van der Waals surface area (Å²) in [5.74, 6) is 1.75. The fourth-order valence-electron chi connectivity index (χ4n) is 4.44. The van der Waals surface area contributed by atoms with Crippen molar-refractivity contribution >= 4 is 22.9 Å². The van der Waals surface area contributed by atoms with Gasteiger partial charge in [0, 0.05) is 19.3 Å². The van der Waals surface area contributed by atoms with Crippen molar-refractivity contribution in [3.8, 4) is 0 Å². The van der Waals surface area contributed by atoms with E-state index in [9.17, 15) is 0 Å². The molecule has 5 heterocycles. The van der Waals surface area contributed by atoms with Crippen LogP contribution in [0.15, 0.2) is 53.7 Å². The van der Waals surface area contributed by atoms with E-state index in [1.54, 1.807) is 0 Å². The van der Waals surface area contributed by atoms with Gasteiger partial charge in [-0.25, -0.2) is 9.98 Å². The van der Waals surface area contributed by atoms with Crippen LogP contribution in [0.5, 0.6) is 0 Å². The summed E-state index contributed by atoms with van der Waals surface area (Å²) in [5, 5.41) is 3.60. The summed E-state index contributed by atoms with van der Waals surface area (Å²) >= 11 is 0. The van der Waals surface area contributed by atoms with Gasteiger partial charge in [-0.15, -0.1) is 0 Å². The van der Waals surface area contributed by atoms with Crippen LogP contribution in [-0.4, -0.2) is 58.0 Å². The molecule has 1 saturated heterocycles. The summed E-state index contributed by atoms with van der Waals surface area (Å²) in [6.45, 7) is 3.18. The van der Waals surface area contributed by atoms with Crippen LogP contribution in [0.3, 0.4) is 0 Å². The van der Waals surface area contributed by atoms with Gasteiger partial charge in [0.2, 0.25) is 11.9 Å². The molecule has 1 fully saturated rings. The lowest BCUT2D eigenvalue weighted by atomic mass is 10.2. The maximum Gasteiger partial charge on any atom is 0.216 e. The Morgan fingerprint density at radius 1 is 1.14 bits per heavy atom. The van der Waals surface area contributed by atoms with Crippen LogP contribution < -0.4 is 10.2 Å². The number of rotatable bonds is 3. The number of ether oxygens (including phenoxy) is 1.